The topological polar surface area (TPSA) is 17.1 Å². The SMILES string of the molecule is CCC(C=O)Cc1cccc(C)c1. The van der Waals surface area contributed by atoms with E-state index in [4.69, 9.17) is 0 Å². The Hall–Kier alpha value is -1.11. The van der Waals surface area contributed by atoms with Crippen LogP contribution < -0.4 is 0 Å². The van der Waals surface area contributed by atoms with E-state index in [0.717, 1.165) is 19.1 Å². The molecule has 0 aliphatic rings. The predicted molar refractivity (Wildman–Crippen MR) is 54.7 cm³/mol. The van der Waals surface area contributed by atoms with Crippen LogP contribution in [-0.4, -0.2) is 6.29 Å². The van der Waals surface area contributed by atoms with Crippen LogP contribution in [0.15, 0.2) is 24.3 Å². The minimum atomic E-state index is 0.182. The van der Waals surface area contributed by atoms with Gasteiger partial charge in [0, 0.05) is 5.92 Å². The molecule has 0 aliphatic carbocycles. The molecule has 0 fully saturated rings. The standard InChI is InChI=1S/C12H16O/c1-3-11(9-13)8-12-6-4-5-10(2)7-12/h4-7,9,11H,3,8H2,1-2H3. The molecule has 0 saturated carbocycles. The molecular formula is C12H16O. The van der Waals surface area contributed by atoms with Crippen molar-refractivity contribution in [3.05, 3.63) is 35.4 Å². The van der Waals surface area contributed by atoms with Crippen molar-refractivity contribution >= 4 is 6.29 Å². The summed E-state index contributed by atoms with van der Waals surface area (Å²) < 4.78 is 0. The quantitative estimate of drug-likeness (QED) is 0.645. The lowest BCUT2D eigenvalue weighted by Gasteiger charge is -2.07. The molecule has 0 aromatic heterocycles. The lowest BCUT2D eigenvalue weighted by atomic mass is 9.97. The van der Waals surface area contributed by atoms with E-state index in [1.807, 2.05) is 6.07 Å². The summed E-state index contributed by atoms with van der Waals surface area (Å²) in [5, 5.41) is 0. The Morgan fingerprint density at radius 3 is 2.77 bits per heavy atom. The van der Waals surface area contributed by atoms with Crippen molar-refractivity contribution in [3.63, 3.8) is 0 Å². The largest absolute Gasteiger partial charge is 0.303 e. The molecule has 1 rings (SSSR count). The van der Waals surface area contributed by atoms with Gasteiger partial charge in [0.25, 0.3) is 0 Å². The van der Waals surface area contributed by atoms with Crippen LogP contribution in [0.4, 0.5) is 0 Å². The zero-order valence-electron chi connectivity index (χ0n) is 8.29. The molecule has 0 aliphatic heterocycles. The maximum absolute atomic E-state index is 10.6. The van der Waals surface area contributed by atoms with Crippen molar-refractivity contribution in [2.75, 3.05) is 0 Å². The maximum Gasteiger partial charge on any atom is 0.123 e. The number of hydrogen-bond donors (Lipinski definition) is 0. The first kappa shape index (κ1) is 9.97. The molecule has 0 heterocycles. The number of benzene rings is 1. The second-order valence-electron chi connectivity index (χ2n) is 3.50. The van der Waals surface area contributed by atoms with Gasteiger partial charge in [-0.15, -0.1) is 0 Å². The van der Waals surface area contributed by atoms with Crippen molar-refractivity contribution in [1.29, 1.82) is 0 Å². The van der Waals surface area contributed by atoms with Gasteiger partial charge in [0.2, 0.25) is 0 Å². The van der Waals surface area contributed by atoms with E-state index >= 15 is 0 Å². The zero-order valence-corrected chi connectivity index (χ0v) is 8.29. The minimum Gasteiger partial charge on any atom is -0.303 e. The fourth-order valence-electron chi connectivity index (χ4n) is 1.43. The zero-order chi connectivity index (χ0) is 9.68. The molecule has 0 bridgehead atoms. The van der Waals surface area contributed by atoms with Crippen LogP contribution in [0.2, 0.25) is 0 Å². The summed E-state index contributed by atoms with van der Waals surface area (Å²) in [6, 6.07) is 8.35. The van der Waals surface area contributed by atoms with Gasteiger partial charge in [0.15, 0.2) is 0 Å². The number of aryl methyl sites for hydroxylation is 1. The Bertz CT molecular complexity index is 278. The first-order valence-corrected chi connectivity index (χ1v) is 4.77. The lowest BCUT2D eigenvalue weighted by molar-refractivity contribution is -0.111. The van der Waals surface area contributed by atoms with Crippen LogP contribution in [0.1, 0.15) is 24.5 Å². The van der Waals surface area contributed by atoms with Crippen LogP contribution in [0.25, 0.3) is 0 Å². The van der Waals surface area contributed by atoms with Crippen LogP contribution in [0.3, 0.4) is 0 Å². The molecule has 13 heavy (non-hydrogen) atoms. The fourth-order valence-corrected chi connectivity index (χ4v) is 1.43. The van der Waals surface area contributed by atoms with E-state index in [1.165, 1.54) is 11.1 Å². The van der Waals surface area contributed by atoms with Crippen LogP contribution in [0.5, 0.6) is 0 Å². The Morgan fingerprint density at radius 1 is 1.46 bits per heavy atom. The van der Waals surface area contributed by atoms with Crippen LogP contribution >= 0.6 is 0 Å². The molecule has 1 aromatic carbocycles. The predicted octanol–water partition coefficient (Wildman–Crippen LogP) is 2.76. The molecule has 70 valence electrons. The van der Waals surface area contributed by atoms with Crippen molar-refractivity contribution in [2.45, 2.75) is 26.7 Å². The number of rotatable bonds is 4. The molecule has 0 radical (unpaired) electrons. The maximum atomic E-state index is 10.6. The van der Waals surface area contributed by atoms with Gasteiger partial charge >= 0.3 is 0 Å². The highest BCUT2D eigenvalue weighted by atomic mass is 16.1. The van der Waals surface area contributed by atoms with E-state index in [0.29, 0.717) is 0 Å². The minimum absolute atomic E-state index is 0.182. The summed E-state index contributed by atoms with van der Waals surface area (Å²) in [6.45, 7) is 4.13. The van der Waals surface area contributed by atoms with E-state index in [2.05, 4.69) is 32.0 Å². The Balaban J connectivity index is 2.67. The molecule has 1 heteroatoms. The average Bonchev–Trinajstić information content (AvgIpc) is 2.14. The highest BCUT2D eigenvalue weighted by Gasteiger charge is 2.04. The van der Waals surface area contributed by atoms with Gasteiger partial charge in [0.05, 0.1) is 0 Å². The Kier molecular flexibility index (Phi) is 3.69. The summed E-state index contributed by atoms with van der Waals surface area (Å²) in [6.07, 6.45) is 2.86. The van der Waals surface area contributed by atoms with Gasteiger partial charge < -0.3 is 4.79 Å². The van der Waals surface area contributed by atoms with E-state index in [9.17, 15) is 4.79 Å². The van der Waals surface area contributed by atoms with Crippen molar-refractivity contribution in [1.82, 2.24) is 0 Å². The van der Waals surface area contributed by atoms with Crippen molar-refractivity contribution in [3.8, 4) is 0 Å². The van der Waals surface area contributed by atoms with Gasteiger partial charge in [-0.05, 0) is 25.3 Å². The summed E-state index contributed by atoms with van der Waals surface area (Å²) in [5.41, 5.74) is 2.53. The normalized spacial score (nSPS) is 12.5. The van der Waals surface area contributed by atoms with Crippen molar-refractivity contribution in [2.24, 2.45) is 5.92 Å². The fraction of sp³-hybridized carbons (Fsp3) is 0.417. The van der Waals surface area contributed by atoms with E-state index in [1.54, 1.807) is 0 Å². The molecule has 1 aromatic rings. The third-order valence-electron chi connectivity index (χ3n) is 2.30. The molecule has 0 saturated heterocycles. The van der Waals surface area contributed by atoms with Gasteiger partial charge in [0.1, 0.15) is 6.29 Å². The molecule has 0 spiro atoms. The molecule has 1 nitrogen and oxygen atoms in total. The highest BCUT2D eigenvalue weighted by Crippen LogP contribution is 2.11. The number of aldehydes is 1. The molecule has 1 unspecified atom stereocenters. The second-order valence-corrected chi connectivity index (χ2v) is 3.50. The first-order chi connectivity index (χ1) is 6.26. The third-order valence-corrected chi connectivity index (χ3v) is 2.30. The summed E-state index contributed by atoms with van der Waals surface area (Å²) >= 11 is 0. The van der Waals surface area contributed by atoms with Gasteiger partial charge in [-0.2, -0.15) is 0 Å². The highest BCUT2D eigenvalue weighted by molar-refractivity contribution is 5.54. The van der Waals surface area contributed by atoms with Crippen LogP contribution in [-0.2, 0) is 11.2 Å². The Labute approximate surface area is 79.8 Å². The average molecular weight is 176 g/mol. The summed E-state index contributed by atoms with van der Waals surface area (Å²) in [4.78, 5) is 10.6. The van der Waals surface area contributed by atoms with Gasteiger partial charge in [-0.25, -0.2) is 0 Å². The second kappa shape index (κ2) is 4.80. The third kappa shape index (κ3) is 3.02. The Morgan fingerprint density at radius 2 is 2.23 bits per heavy atom. The number of carbonyl (C=O) groups excluding carboxylic acids is 1. The van der Waals surface area contributed by atoms with Crippen LogP contribution in [0, 0.1) is 12.8 Å². The number of hydrogen-bond acceptors (Lipinski definition) is 1. The molecule has 0 amide bonds. The molecule has 1 atom stereocenters. The first-order valence-electron chi connectivity index (χ1n) is 4.77. The summed E-state index contributed by atoms with van der Waals surface area (Å²) in [7, 11) is 0. The van der Waals surface area contributed by atoms with Gasteiger partial charge in [-0.1, -0.05) is 36.8 Å². The summed E-state index contributed by atoms with van der Waals surface area (Å²) in [5.74, 6) is 0.182. The molecular weight excluding hydrogens is 160 g/mol. The molecule has 0 N–H and O–H groups in total. The smallest absolute Gasteiger partial charge is 0.123 e. The number of carbonyl (C=O) groups is 1. The van der Waals surface area contributed by atoms with Gasteiger partial charge in [-0.3, -0.25) is 0 Å². The van der Waals surface area contributed by atoms with Crippen molar-refractivity contribution < 1.29 is 4.79 Å². The van der Waals surface area contributed by atoms with E-state index in [-0.39, 0.29) is 5.92 Å². The monoisotopic (exact) mass is 176 g/mol. The van der Waals surface area contributed by atoms with E-state index < -0.39 is 0 Å². The lowest BCUT2D eigenvalue weighted by Crippen LogP contribution is -2.04.